The highest BCUT2D eigenvalue weighted by Crippen LogP contribution is 2.42. The zero-order valence-electron chi connectivity index (χ0n) is 21.5. The standard InChI is InChI=1S/C28H37F2N3O3/c1-6-9-24(20-34)12-7-10-23-11-8-13-25(18-23)19-28(29,30)27(35-5)14-16-33(17-15-27)21-36-32-26(31-4)22(2)3/h6-9,11-13,18,20,22H,1,4,10,14-17,19,21H2,2-3,5H3/b12-7-,24-9+,32-26-. The Morgan fingerprint density at radius 1 is 1.28 bits per heavy atom. The second-order valence-corrected chi connectivity index (χ2v) is 9.16. The molecule has 0 aromatic heterocycles. The second kappa shape index (κ2) is 13.9. The molecule has 1 aromatic carbocycles. The summed E-state index contributed by atoms with van der Waals surface area (Å²) < 4.78 is 36.7. The SMILES string of the molecule is C=C/C=C(C=O)\C=C/Cc1cccc(CC(F)(F)C2(OC)CCN(CO/N=C(\N=C)C(C)C)CC2)c1. The summed E-state index contributed by atoms with van der Waals surface area (Å²) in [6.45, 7) is 11.9. The Balaban J connectivity index is 2.01. The summed E-state index contributed by atoms with van der Waals surface area (Å²) in [5.41, 5.74) is 0.369. The molecule has 0 amide bonds. The van der Waals surface area contributed by atoms with E-state index in [1.165, 1.54) is 13.2 Å². The number of piperidine rings is 1. The van der Waals surface area contributed by atoms with Crippen molar-refractivity contribution in [2.45, 2.75) is 51.1 Å². The summed E-state index contributed by atoms with van der Waals surface area (Å²) in [4.78, 5) is 22.1. The molecule has 36 heavy (non-hydrogen) atoms. The summed E-state index contributed by atoms with van der Waals surface area (Å²) in [5, 5.41) is 3.99. The van der Waals surface area contributed by atoms with Crippen LogP contribution in [0.5, 0.6) is 0 Å². The summed E-state index contributed by atoms with van der Waals surface area (Å²) in [6, 6.07) is 7.14. The number of methoxy groups -OCH3 is 1. The van der Waals surface area contributed by atoms with Crippen LogP contribution in [0.1, 0.15) is 37.8 Å². The lowest BCUT2D eigenvalue weighted by molar-refractivity contribution is -0.218. The van der Waals surface area contributed by atoms with Gasteiger partial charge in [-0.15, -0.1) is 0 Å². The summed E-state index contributed by atoms with van der Waals surface area (Å²) in [6.07, 6.45) is 7.86. The number of rotatable bonds is 13. The third-order valence-corrected chi connectivity index (χ3v) is 6.33. The smallest absolute Gasteiger partial charge is 0.280 e. The molecular weight excluding hydrogens is 464 g/mol. The van der Waals surface area contributed by atoms with Gasteiger partial charge in [-0.2, -0.15) is 0 Å². The lowest BCUT2D eigenvalue weighted by Crippen LogP contribution is -2.57. The van der Waals surface area contributed by atoms with E-state index in [0.717, 1.165) is 11.8 Å². The lowest BCUT2D eigenvalue weighted by atomic mass is 9.82. The number of carbonyl (C=O) groups excluding carboxylic acids is 1. The Kier molecular flexibility index (Phi) is 11.3. The van der Waals surface area contributed by atoms with E-state index in [9.17, 15) is 4.79 Å². The average Bonchev–Trinajstić information content (AvgIpc) is 2.86. The molecule has 0 spiro atoms. The van der Waals surface area contributed by atoms with Crippen LogP contribution in [0.15, 0.2) is 70.9 Å². The lowest BCUT2D eigenvalue weighted by Gasteiger charge is -2.44. The molecule has 1 aliphatic heterocycles. The van der Waals surface area contributed by atoms with Gasteiger partial charge in [-0.05, 0) is 37.1 Å². The average molecular weight is 502 g/mol. The molecule has 0 saturated carbocycles. The number of halogens is 2. The van der Waals surface area contributed by atoms with Gasteiger partial charge < -0.3 is 9.57 Å². The molecule has 1 fully saturated rings. The Labute approximate surface area is 213 Å². The summed E-state index contributed by atoms with van der Waals surface area (Å²) >= 11 is 0. The third kappa shape index (κ3) is 8.03. The number of carbonyl (C=O) groups is 1. The number of alkyl halides is 2. The minimum absolute atomic E-state index is 0.0844. The zero-order valence-corrected chi connectivity index (χ0v) is 21.5. The molecule has 1 aromatic rings. The first-order valence-corrected chi connectivity index (χ1v) is 12.0. The molecule has 1 heterocycles. The minimum atomic E-state index is -3.06. The summed E-state index contributed by atoms with van der Waals surface area (Å²) in [7, 11) is 1.36. The van der Waals surface area contributed by atoms with E-state index in [4.69, 9.17) is 9.57 Å². The number of hydrogen-bond donors (Lipinski definition) is 0. The number of amidine groups is 1. The highest BCUT2D eigenvalue weighted by atomic mass is 19.3. The highest BCUT2D eigenvalue weighted by molar-refractivity contribution is 5.87. The van der Waals surface area contributed by atoms with Crippen LogP contribution in [0.2, 0.25) is 0 Å². The van der Waals surface area contributed by atoms with Gasteiger partial charge in [0.1, 0.15) is 11.9 Å². The Hall–Kier alpha value is -2.97. The summed E-state index contributed by atoms with van der Waals surface area (Å²) in [5.74, 6) is -2.47. The zero-order chi connectivity index (χ0) is 26.6. The van der Waals surface area contributed by atoms with E-state index >= 15 is 8.78 Å². The molecule has 2 rings (SSSR count). The molecule has 0 aliphatic carbocycles. The number of ether oxygens (including phenoxy) is 1. The number of oxime groups is 1. The molecule has 0 bridgehead atoms. The topological polar surface area (TPSA) is 63.5 Å². The monoisotopic (exact) mass is 501 g/mol. The van der Waals surface area contributed by atoms with E-state index in [-0.39, 0.29) is 25.5 Å². The van der Waals surface area contributed by atoms with E-state index < -0.39 is 17.9 Å². The van der Waals surface area contributed by atoms with Crippen molar-refractivity contribution in [1.82, 2.24) is 4.90 Å². The number of aliphatic imine (C=N–C) groups is 1. The van der Waals surface area contributed by atoms with Gasteiger partial charge in [0, 0.05) is 38.1 Å². The van der Waals surface area contributed by atoms with Gasteiger partial charge in [-0.25, -0.2) is 13.8 Å². The molecule has 0 unspecified atom stereocenters. The molecule has 1 aliphatic rings. The Morgan fingerprint density at radius 2 is 1.97 bits per heavy atom. The fourth-order valence-electron chi connectivity index (χ4n) is 4.14. The van der Waals surface area contributed by atoms with Gasteiger partial charge in [-0.1, -0.05) is 74.2 Å². The first kappa shape index (κ1) is 29.3. The molecule has 6 nitrogen and oxygen atoms in total. The number of aldehydes is 1. The maximum Gasteiger partial charge on any atom is 0.280 e. The highest BCUT2D eigenvalue weighted by Gasteiger charge is 2.55. The maximum atomic E-state index is 15.6. The normalized spacial score (nSPS) is 17.4. The molecule has 1 saturated heterocycles. The van der Waals surface area contributed by atoms with Crippen LogP contribution in [-0.4, -0.2) is 62.2 Å². The van der Waals surface area contributed by atoms with Crippen molar-refractivity contribution in [3.63, 3.8) is 0 Å². The van der Waals surface area contributed by atoms with Crippen molar-refractivity contribution in [1.29, 1.82) is 0 Å². The Bertz CT molecular complexity index is 978. The molecule has 8 heteroatoms. The van der Waals surface area contributed by atoms with Crippen molar-refractivity contribution < 1.29 is 23.1 Å². The maximum absolute atomic E-state index is 15.6. The first-order chi connectivity index (χ1) is 17.2. The Morgan fingerprint density at radius 3 is 2.56 bits per heavy atom. The predicted molar refractivity (Wildman–Crippen MR) is 141 cm³/mol. The van der Waals surface area contributed by atoms with Gasteiger partial charge in [0.05, 0.1) is 0 Å². The van der Waals surface area contributed by atoms with Crippen LogP contribution in [0.25, 0.3) is 0 Å². The van der Waals surface area contributed by atoms with Crippen LogP contribution >= 0.6 is 0 Å². The van der Waals surface area contributed by atoms with Crippen LogP contribution in [0.3, 0.4) is 0 Å². The van der Waals surface area contributed by atoms with Crippen molar-refractivity contribution in [2.75, 3.05) is 26.9 Å². The molecule has 0 N–H and O–H groups in total. The van der Waals surface area contributed by atoms with Crippen molar-refractivity contribution in [2.24, 2.45) is 16.1 Å². The van der Waals surface area contributed by atoms with Gasteiger partial charge in [0.15, 0.2) is 12.6 Å². The van der Waals surface area contributed by atoms with E-state index in [1.54, 1.807) is 30.4 Å². The fraction of sp³-hybridized carbons (Fsp3) is 0.464. The number of hydrogen-bond acceptors (Lipinski definition) is 5. The number of nitrogens with zero attached hydrogens (tertiary/aromatic N) is 3. The predicted octanol–water partition coefficient (Wildman–Crippen LogP) is 5.40. The largest absolute Gasteiger partial charge is 0.378 e. The number of likely N-dealkylation sites (tertiary alicyclic amines) is 1. The van der Waals surface area contributed by atoms with Gasteiger partial charge in [0.2, 0.25) is 0 Å². The molecule has 0 radical (unpaired) electrons. The molecule has 0 atom stereocenters. The van der Waals surface area contributed by atoms with E-state index in [0.29, 0.717) is 36.5 Å². The molecule has 196 valence electrons. The molecular formula is C28H37F2N3O3. The minimum Gasteiger partial charge on any atom is -0.378 e. The van der Waals surface area contributed by atoms with E-state index in [2.05, 4.69) is 23.4 Å². The van der Waals surface area contributed by atoms with Crippen LogP contribution in [0.4, 0.5) is 8.78 Å². The number of benzene rings is 1. The van der Waals surface area contributed by atoms with Crippen LogP contribution in [0, 0.1) is 5.92 Å². The third-order valence-electron chi connectivity index (χ3n) is 6.33. The quantitative estimate of drug-likeness (QED) is 0.0907. The fourth-order valence-corrected chi connectivity index (χ4v) is 4.14. The van der Waals surface area contributed by atoms with Gasteiger partial charge in [0.25, 0.3) is 5.92 Å². The van der Waals surface area contributed by atoms with Crippen molar-refractivity contribution in [3.8, 4) is 0 Å². The van der Waals surface area contributed by atoms with Crippen molar-refractivity contribution >= 4 is 18.8 Å². The van der Waals surface area contributed by atoms with Crippen LogP contribution in [-0.2, 0) is 27.2 Å². The van der Waals surface area contributed by atoms with Crippen LogP contribution < -0.4 is 0 Å². The van der Waals surface area contributed by atoms with Crippen molar-refractivity contribution in [3.05, 3.63) is 71.8 Å². The second-order valence-electron chi connectivity index (χ2n) is 9.16. The van der Waals surface area contributed by atoms with E-state index in [1.807, 2.05) is 30.9 Å². The van der Waals surface area contributed by atoms with Gasteiger partial charge >= 0.3 is 0 Å². The van der Waals surface area contributed by atoms with Gasteiger partial charge in [-0.3, -0.25) is 9.69 Å². The first-order valence-electron chi connectivity index (χ1n) is 12.0. The number of allylic oxidation sites excluding steroid dienone is 5.